The number of morpholine rings is 1. The Kier molecular flexibility index (Phi) is 6.90. The van der Waals surface area contributed by atoms with Gasteiger partial charge >= 0.3 is 0 Å². The van der Waals surface area contributed by atoms with Crippen molar-refractivity contribution in [2.24, 2.45) is 0 Å². The first-order valence-electron chi connectivity index (χ1n) is 9.49. The molecular weight excluding hydrogens is 356 g/mol. The molecule has 0 radical (unpaired) electrons. The van der Waals surface area contributed by atoms with Crippen LogP contribution in [0.25, 0.3) is 0 Å². The van der Waals surface area contributed by atoms with Crippen LogP contribution >= 0.6 is 0 Å². The number of nitrogens with zero attached hydrogens (tertiary/aromatic N) is 1. The van der Waals surface area contributed by atoms with E-state index in [-0.39, 0.29) is 11.9 Å². The maximum atomic E-state index is 13.0. The van der Waals surface area contributed by atoms with Gasteiger partial charge in [0, 0.05) is 31.3 Å². The first-order valence-corrected chi connectivity index (χ1v) is 9.49. The molecular formula is C22H28N2O4. The Labute approximate surface area is 166 Å². The van der Waals surface area contributed by atoms with Crippen molar-refractivity contribution in [3.8, 4) is 11.5 Å². The molecule has 150 valence electrons. The van der Waals surface area contributed by atoms with Gasteiger partial charge in [0.25, 0.3) is 5.91 Å². The quantitative estimate of drug-likeness (QED) is 0.795. The molecule has 2 aromatic rings. The molecule has 1 saturated heterocycles. The molecule has 0 saturated carbocycles. The third-order valence-electron chi connectivity index (χ3n) is 4.94. The highest BCUT2D eigenvalue weighted by Gasteiger charge is 2.21. The largest absolute Gasteiger partial charge is 0.497 e. The second-order valence-corrected chi connectivity index (χ2v) is 6.95. The molecule has 0 bridgehead atoms. The van der Waals surface area contributed by atoms with Gasteiger partial charge in [-0.05, 0) is 24.6 Å². The fraction of sp³-hybridized carbons (Fsp3) is 0.409. The van der Waals surface area contributed by atoms with Gasteiger partial charge in [0.2, 0.25) is 0 Å². The molecule has 0 spiro atoms. The van der Waals surface area contributed by atoms with Crippen molar-refractivity contribution in [1.29, 1.82) is 0 Å². The molecule has 1 N–H and O–H groups in total. The zero-order valence-electron chi connectivity index (χ0n) is 16.7. The molecule has 0 aliphatic carbocycles. The molecule has 1 aliphatic rings. The highest BCUT2D eigenvalue weighted by atomic mass is 16.5. The van der Waals surface area contributed by atoms with E-state index in [1.165, 1.54) is 5.56 Å². The lowest BCUT2D eigenvalue weighted by Gasteiger charge is -2.31. The SMILES string of the molecule is COc1cc(OC)cc(C(=O)NC(CN2CCOCC2)c2ccc(C)cc2)c1. The van der Waals surface area contributed by atoms with E-state index in [9.17, 15) is 4.79 Å². The van der Waals surface area contributed by atoms with Gasteiger partial charge in [-0.15, -0.1) is 0 Å². The zero-order valence-corrected chi connectivity index (χ0v) is 16.7. The summed E-state index contributed by atoms with van der Waals surface area (Å²) < 4.78 is 16.0. The second-order valence-electron chi connectivity index (χ2n) is 6.95. The number of carbonyl (C=O) groups is 1. The van der Waals surface area contributed by atoms with E-state index in [1.807, 2.05) is 0 Å². The lowest BCUT2D eigenvalue weighted by molar-refractivity contribution is 0.0332. The summed E-state index contributed by atoms with van der Waals surface area (Å²) in [4.78, 5) is 15.3. The fourth-order valence-electron chi connectivity index (χ4n) is 3.26. The van der Waals surface area contributed by atoms with Crippen LogP contribution in [0.15, 0.2) is 42.5 Å². The van der Waals surface area contributed by atoms with Crippen molar-refractivity contribution >= 4 is 5.91 Å². The molecule has 28 heavy (non-hydrogen) atoms. The highest BCUT2D eigenvalue weighted by Crippen LogP contribution is 2.24. The van der Waals surface area contributed by atoms with Crippen molar-refractivity contribution in [2.75, 3.05) is 47.1 Å². The Morgan fingerprint density at radius 3 is 2.25 bits per heavy atom. The van der Waals surface area contributed by atoms with Crippen molar-refractivity contribution < 1.29 is 19.0 Å². The molecule has 2 aromatic carbocycles. The number of benzene rings is 2. The van der Waals surface area contributed by atoms with E-state index in [0.29, 0.717) is 17.1 Å². The molecule has 1 aliphatic heterocycles. The summed E-state index contributed by atoms with van der Waals surface area (Å²) in [5, 5.41) is 3.19. The summed E-state index contributed by atoms with van der Waals surface area (Å²) in [7, 11) is 3.15. The molecule has 0 aromatic heterocycles. The number of ether oxygens (including phenoxy) is 3. The first kappa shape index (κ1) is 20.2. The Hall–Kier alpha value is -2.57. The van der Waals surface area contributed by atoms with Crippen molar-refractivity contribution in [1.82, 2.24) is 10.2 Å². The maximum Gasteiger partial charge on any atom is 0.252 e. The van der Waals surface area contributed by atoms with E-state index in [0.717, 1.165) is 38.4 Å². The van der Waals surface area contributed by atoms with E-state index >= 15 is 0 Å². The summed E-state index contributed by atoms with van der Waals surface area (Å²) in [6.45, 7) is 5.97. The molecule has 1 unspecified atom stereocenters. The predicted molar refractivity (Wildman–Crippen MR) is 108 cm³/mol. The molecule has 1 atom stereocenters. The van der Waals surface area contributed by atoms with Crippen LogP contribution in [0.3, 0.4) is 0 Å². The summed E-state index contributed by atoms with van der Waals surface area (Å²) >= 11 is 0. The van der Waals surface area contributed by atoms with Crippen LogP contribution in [0.5, 0.6) is 11.5 Å². The molecule has 6 heteroatoms. The van der Waals surface area contributed by atoms with Gasteiger partial charge in [-0.25, -0.2) is 0 Å². The van der Waals surface area contributed by atoms with Crippen LogP contribution in [0.1, 0.15) is 27.5 Å². The highest BCUT2D eigenvalue weighted by molar-refractivity contribution is 5.95. The summed E-state index contributed by atoms with van der Waals surface area (Å²) in [6, 6.07) is 13.4. The number of carbonyl (C=O) groups excluding carboxylic acids is 1. The summed E-state index contributed by atoms with van der Waals surface area (Å²) in [5.74, 6) is 1.02. The fourth-order valence-corrected chi connectivity index (χ4v) is 3.26. The summed E-state index contributed by atoms with van der Waals surface area (Å²) in [5.41, 5.74) is 2.79. The standard InChI is InChI=1S/C22H28N2O4/c1-16-4-6-17(7-5-16)21(15-24-8-10-28-11-9-24)23-22(25)18-12-19(26-2)14-20(13-18)27-3/h4-7,12-14,21H,8-11,15H2,1-3H3,(H,23,25). The molecule has 3 rings (SSSR count). The molecule has 1 fully saturated rings. The normalized spacial score (nSPS) is 15.7. The number of aryl methyl sites for hydroxylation is 1. The minimum absolute atomic E-state index is 0.122. The van der Waals surface area contributed by atoms with Crippen LogP contribution in [0.2, 0.25) is 0 Å². The van der Waals surface area contributed by atoms with E-state index in [4.69, 9.17) is 14.2 Å². The Bertz CT molecular complexity index is 763. The van der Waals surface area contributed by atoms with Crippen molar-refractivity contribution in [2.45, 2.75) is 13.0 Å². The monoisotopic (exact) mass is 384 g/mol. The molecule has 1 amide bonds. The van der Waals surface area contributed by atoms with Crippen molar-refractivity contribution in [3.63, 3.8) is 0 Å². The summed E-state index contributed by atoms with van der Waals surface area (Å²) in [6.07, 6.45) is 0. The van der Waals surface area contributed by atoms with Crippen LogP contribution in [-0.2, 0) is 4.74 Å². The smallest absolute Gasteiger partial charge is 0.252 e. The minimum Gasteiger partial charge on any atom is -0.497 e. The average Bonchev–Trinajstić information content (AvgIpc) is 2.74. The van der Waals surface area contributed by atoms with Crippen molar-refractivity contribution in [3.05, 3.63) is 59.2 Å². The van der Waals surface area contributed by atoms with Gasteiger partial charge in [0.05, 0.1) is 33.5 Å². The van der Waals surface area contributed by atoms with Gasteiger partial charge in [-0.1, -0.05) is 29.8 Å². The number of methoxy groups -OCH3 is 2. The topological polar surface area (TPSA) is 60.0 Å². The van der Waals surface area contributed by atoms with E-state index in [2.05, 4.69) is 41.4 Å². The number of nitrogens with one attached hydrogen (secondary N) is 1. The van der Waals surface area contributed by atoms with Crippen LogP contribution < -0.4 is 14.8 Å². The Balaban J connectivity index is 1.81. The van der Waals surface area contributed by atoms with E-state index in [1.54, 1.807) is 32.4 Å². The number of amides is 1. The van der Waals surface area contributed by atoms with E-state index < -0.39 is 0 Å². The van der Waals surface area contributed by atoms with Gasteiger partial charge in [0.15, 0.2) is 0 Å². The first-order chi connectivity index (χ1) is 13.6. The number of rotatable bonds is 7. The van der Waals surface area contributed by atoms with Crippen LogP contribution in [0, 0.1) is 6.92 Å². The van der Waals surface area contributed by atoms with Gasteiger partial charge in [0.1, 0.15) is 11.5 Å². The predicted octanol–water partition coefficient (Wildman–Crippen LogP) is 2.82. The lowest BCUT2D eigenvalue weighted by atomic mass is 10.0. The zero-order chi connectivity index (χ0) is 19.9. The third kappa shape index (κ3) is 5.24. The Morgan fingerprint density at radius 2 is 1.68 bits per heavy atom. The van der Waals surface area contributed by atoms with Crippen LogP contribution in [0.4, 0.5) is 0 Å². The average molecular weight is 384 g/mol. The Morgan fingerprint density at radius 1 is 1.07 bits per heavy atom. The van der Waals surface area contributed by atoms with Gasteiger partial charge in [-0.2, -0.15) is 0 Å². The number of hydrogen-bond donors (Lipinski definition) is 1. The minimum atomic E-state index is -0.156. The van der Waals surface area contributed by atoms with Crippen LogP contribution in [-0.4, -0.2) is 57.9 Å². The molecule has 1 heterocycles. The molecule has 6 nitrogen and oxygen atoms in total. The number of hydrogen-bond acceptors (Lipinski definition) is 5. The second kappa shape index (κ2) is 9.57. The maximum absolute atomic E-state index is 13.0. The lowest BCUT2D eigenvalue weighted by Crippen LogP contribution is -2.43. The van der Waals surface area contributed by atoms with Gasteiger partial charge in [-0.3, -0.25) is 9.69 Å². The third-order valence-corrected chi connectivity index (χ3v) is 4.94. The van der Waals surface area contributed by atoms with Gasteiger partial charge < -0.3 is 19.5 Å².